The lowest BCUT2D eigenvalue weighted by molar-refractivity contribution is -0.142. The molecule has 0 bridgehead atoms. The smallest absolute Gasteiger partial charge is 0.326 e. The number of carboxylic acids is 1. The Morgan fingerprint density at radius 1 is 1.06 bits per heavy atom. The number of aromatic nitrogens is 1. The van der Waals surface area contributed by atoms with E-state index in [2.05, 4.69) is 15.6 Å². The van der Waals surface area contributed by atoms with Gasteiger partial charge in [-0.25, -0.2) is 4.79 Å². The highest BCUT2D eigenvalue weighted by atomic mass is 16.4. The molecule has 2 aromatic rings. The van der Waals surface area contributed by atoms with Crippen LogP contribution in [-0.2, 0) is 20.8 Å². The number of para-hydroxylation sites is 1. The maximum Gasteiger partial charge on any atom is 0.326 e. The van der Waals surface area contributed by atoms with Crippen LogP contribution in [0.15, 0.2) is 30.5 Å². The van der Waals surface area contributed by atoms with Gasteiger partial charge in [0.1, 0.15) is 12.1 Å². The molecule has 31 heavy (non-hydrogen) atoms. The number of benzene rings is 1. The number of rotatable bonds is 12. The summed E-state index contributed by atoms with van der Waals surface area (Å²) in [5.41, 5.74) is 13.2. The number of carbonyl (C=O) groups is 3. The van der Waals surface area contributed by atoms with Crippen LogP contribution < -0.4 is 22.1 Å². The number of H-pyrrole nitrogens is 1. The minimum Gasteiger partial charge on any atom is -0.480 e. The van der Waals surface area contributed by atoms with Crippen molar-refractivity contribution in [2.45, 2.75) is 57.7 Å². The molecule has 8 N–H and O–H groups in total. The summed E-state index contributed by atoms with van der Waals surface area (Å²) in [4.78, 5) is 40.3. The van der Waals surface area contributed by atoms with Crippen LogP contribution >= 0.6 is 0 Å². The Labute approximate surface area is 181 Å². The first-order valence-electron chi connectivity index (χ1n) is 10.6. The van der Waals surface area contributed by atoms with Gasteiger partial charge in [-0.05, 0) is 43.4 Å². The number of hydrogen-bond acceptors (Lipinski definition) is 5. The normalized spacial score (nSPS) is 14.2. The molecule has 0 saturated heterocycles. The first-order valence-corrected chi connectivity index (χ1v) is 10.6. The second kappa shape index (κ2) is 11.5. The van der Waals surface area contributed by atoms with Crippen molar-refractivity contribution in [3.63, 3.8) is 0 Å². The second-order valence-electron chi connectivity index (χ2n) is 8.08. The molecule has 9 heteroatoms. The van der Waals surface area contributed by atoms with Crippen LogP contribution in [0.1, 0.15) is 38.7 Å². The van der Waals surface area contributed by atoms with E-state index in [-0.39, 0.29) is 18.8 Å². The Bertz CT molecular complexity index is 895. The van der Waals surface area contributed by atoms with E-state index < -0.39 is 35.9 Å². The van der Waals surface area contributed by atoms with Crippen molar-refractivity contribution in [3.8, 4) is 0 Å². The van der Waals surface area contributed by atoms with E-state index in [4.69, 9.17) is 11.5 Å². The third kappa shape index (κ3) is 6.80. The van der Waals surface area contributed by atoms with Gasteiger partial charge < -0.3 is 32.2 Å². The van der Waals surface area contributed by atoms with Crippen molar-refractivity contribution in [2.24, 2.45) is 17.4 Å². The number of nitrogens with one attached hydrogen (secondary N) is 3. The van der Waals surface area contributed by atoms with Gasteiger partial charge in [0, 0.05) is 23.5 Å². The highest BCUT2D eigenvalue weighted by molar-refractivity contribution is 5.93. The molecular formula is C22H33N5O4. The molecule has 1 aromatic heterocycles. The fraction of sp³-hybridized carbons (Fsp3) is 0.500. The van der Waals surface area contributed by atoms with Crippen molar-refractivity contribution in [1.82, 2.24) is 15.6 Å². The van der Waals surface area contributed by atoms with Crippen molar-refractivity contribution >= 4 is 28.7 Å². The SMILES string of the molecule is CC(C)[C@@H](N)C(=O)N[C@@H](Cc1c[nH]c2ccccc12)C(=O)N[C@@H](CCCCN)C(=O)O. The van der Waals surface area contributed by atoms with Crippen LogP contribution in [0, 0.1) is 5.92 Å². The minimum absolute atomic E-state index is 0.111. The zero-order valence-corrected chi connectivity index (χ0v) is 18.1. The standard InChI is InChI=1S/C22H33N5O4/c1-13(2)19(24)21(29)27-18(11-14-12-25-16-8-4-3-7-15(14)16)20(28)26-17(22(30)31)9-5-6-10-23/h3-4,7-8,12-13,17-19,25H,5-6,9-11,23-24H2,1-2H3,(H,26,28)(H,27,29)(H,30,31)/t17-,18-,19+/m0/s1. The molecular weight excluding hydrogens is 398 g/mol. The summed E-state index contributed by atoms with van der Waals surface area (Å²) in [6, 6.07) is 4.82. The van der Waals surface area contributed by atoms with Gasteiger partial charge in [-0.1, -0.05) is 32.0 Å². The van der Waals surface area contributed by atoms with E-state index >= 15 is 0 Å². The Kier molecular flexibility index (Phi) is 9.02. The number of carboxylic acid groups (broad SMARTS) is 1. The van der Waals surface area contributed by atoms with Gasteiger partial charge in [0.05, 0.1) is 6.04 Å². The number of amides is 2. The molecule has 2 rings (SSSR count). The van der Waals surface area contributed by atoms with Crippen molar-refractivity contribution in [3.05, 3.63) is 36.0 Å². The zero-order chi connectivity index (χ0) is 23.0. The summed E-state index contributed by atoms with van der Waals surface area (Å²) < 4.78 is 0. The third-order valence-corrected chi connectivity index (χ3v) is 5.31. The molecule has 1 aromatic carbocycles. The Balaban J connectivity index is 2.22. The van der Waals surface area contributed by atoms with E-state index in [0.717, 1.165) is 16.5 Å². The summed E-state index contributed by atoms with van der Waals surface area (Å²) in [7, 11) is 0. The van der Waals surface area contributed by atoms with Crippen molar-refractivity contribution < 1.29 is 19.5 Å². The molecule has 170 valence electrons. The number of aliphatic carboxylic acids is 1. The summed E-state index contributed by atoms with van der Waals surface area (Å²) in [5, 5.41) is 15.7. The average Bonchev–Trinajstić information content (AvgIpc) is 3.14. The predicted octanol–water partition coefficient (Wildman–Crippen LogP) is 0.877. The topological polar surface area (TPSA) is 163 Å². The van der Waals surface area contributed by atoms with Gasteiger partial charge in [-0.15, -0.1) is 0 Å². The second-order valence-corrected chi connectivity index (χ2v) is 8.08. The summed E-state index contributed by atoms with van der Waals surface area (Å²) >= 11 is 0. The van der Waals surface area contributed by atoms with Crippen LogP contribution in [0.3, 0.4) is 0 Å². The van der Waals surface area contributed by atoms with Crippen molar-refractivity contribution in [1.29, 1.82) is 0 Å². The zero-order valence-electron chi connectivity index (χ0n) is 18.1. The first-order chi connectivity index (χ1) is 14.7. The molecule has 0 spiro atoms. The molecule has 0 aliphatic rings. The predicted molar refractivity (Wildman–Crippen MR) is 119 cm³/mol. The van der Waals surface area contributed by atoms with Gasteiger partial charge >= 0.3 is 5.97 Å². The number of fused-ring (bicyclic) bond motifs is 1. The van der Waals surface area contributed by atoms with Crippen LogP contribution in [-0.4, -0.2) is 52.5 Å². The highest BCUT2D eigenvalue weighted by Crippen LogP contribution is 2.19. The van der Waals surface area contributed by atoms with E-state index in [1.54, 1.807) is 6.20 Å². The highest BCUT2D eigenvalue weighted by Gasteiger charge is 2.29. The largest absolute Gasteiger partial charge is 0.480 e. The molecule has 0 radical (unpaired) electrons. The monoisotopic (exact) mass is 431 g/mol. The minimum atomic E-state index is -1.12. The van der Waals surface area contributed by atoms with Gasteiger partial charge in [0.15, 0.2) is 0 Å². The summed E-state index contributed by atoms with van der Waals surface area (Å²) in [5.74, 6) is -2.25. The maximum absolute atomic E-state index is 13.0. The molecule has 9 nitrogen and oxygen atoms in total. The van der Waals surface area contributed by atoms with E-state index in [0.29, 0.717) is 19.4 Å². The third-order valence-electron chi connectivity index (χ3n) is 5.31. The number of nitrogens with two attached hydrogens (primary N) is 2. The van der Waals surface area contributed by atoms with Crippen LogP contribution in [0.4, 0.5) is 0 Å². The molecule has 1 heterocycles. The number of unbranched alkanes of at least 4 members (excludes halogenated alkanes) is 1. The van der Waals surface area contributed by atoms with Gasteiger partial charge in [0.2, 0.25) is 11.8 Å². The molecule has 0 fully saturated rings. The fourth-order valence-electron chi connectivity index (χ4n) is 3.32. The number of carbonyl (C=O) groups excluding carboxylic acids is 2. The number of aromatic amines is 1. The molecule has 3 atom stereocenters. The van der Waals surface area contributed by atoms with Crippen molar-refractivity contribution in [2.75, 3.05) is 6.54 Å². The van der Waals surface area contributed by atoms with E-state index in [1.807, 2.05) is 38.1 Å². The van der Waals surface area contributed by atoms with Gasteiger partial charge in [-0.3, -0.25) is 9.59 Å². The first kappa shape index (κ1) is 24.4. The molecule has 0 aliphatic carbocycles. The molecule has 2 amide bonds. The number of hydrogen-bond donors (Lipinski definition) is 6. The van der Waals surface area contributed by atoms with E-state index in [1.165, 1.54) is 0 Å². The Morgan fingerprint density at radius 2 is 1.74 bits per heavy atom. The van der Waals surface area contributed by atoms with Gasteiger partial charge in [0.25, 0.3) is 0 Å². The van der Waals surface area contributed by atoms with Crippen LogP contribution in [0.5, 0.6) is 0 Å². The lowest BCUT2D eigenvalue weighted by Gasteiger charge is -2.24. The van der Waals surface area contributed by atoms with Crippen LogP contribution in [0.2, 0.25) is 0 Å². The Hall–Kier alpha value is -2.91. The Morgan fingerprint density at radius 3 is 2.39 bits per heavy atom. The summed E-state index contributed by atoms with van der Waals surface area (Å²) in [6.45, 7) is 4.08. The van der Waals surface area contributed by atoms with Crippen LogP contribution in [0.25, 0.3) is 10.9 Å². The van der Waals surface area contributed by atoms with Gasteiger partial charge in [-0.2, -0.15) is 0 Å². The van der Waals surface area contributed by atoms with E-state index in [9.17, 15) is 19.5 Å². The lowest BCUT2D eigenvalue weighted by atomic mass is 10.0. The lowest BCUT2D eigenvalue weighted by Crippen LogP contribution is -2.56. The summed E-state index contributed by atoms with van der Waals surface area (Å²) in [6.07, 6.45) is 3.48. The quantitative estimate of drug-likeness (QED) is 0.273. The molecule has 0 unspecified atom stereocenters. The average molecular weight is 432 g/mol. The molecule has 0 aliphatic heterocycles. The fourth-order valence-corrected chi connectivity index (χ4v) is 3.32. The molecule has 0 saturated carbocycles. The maximum atomic E-state index is 13.0.